The third-order valence-electron chi connectivity index (χ3n) is 6.90. The van der Waals surface area contributed by atoms with Crippen LogP contribution in [0.1, 0.15) is 18.4 Å². The fourth-order valence-corrected chi connectivity index (χ4v) is 4.85. The van der Waals surface area contributed by atoms with Crippen molar-refractivity contribution < 1.29 is 23.9 Å². The van der Waals surface area contributed by atoms with E-state index in [9.17, 15) is 19.2 Å². The number of nitrogens with zero attached hydrogens (tertiary/aromatic N) is 4. The van der Waals surface area contributed by atoms with Crippen LogP contribution in [0.25, 0.3) is 0 Å². The van der Waals surface area contributed by atoms with E-state index >= 15 is 0 Å². The lowest BCUT2D eigenvalue weighted by molar-refractivity contribution is -0.143. The molecule has 2 aliphatic rings. The number of likely N-dealkylation sites (tertiary alicyclic amines) is 1. The summed E-state index contributed by atoms with van der Waals surface area (Å²) >= 11 is 0. The number of carbonyl (C=O) groups is 4. The van der Waals surface area contributed by atoms with Crippen molar-refractivity contribution in [2.24, 2.45) is 0 Å². The number of benzene rings is 2. The van der Waals surface area contributed by atoms with Crippen molar-refractivity contribution in [3.05, 3.63) is 60.2 Å². The molecule has 2 fully saturated rings. The molecule has 0 aliphatic carbocycles. The Morgan fingerprint density at radius 1 is 1.00 bits per heavy atom. The molecular weight excluding hydrogens is 460 g/mol. The molecule has 0 saturated carbocycles. The first-order chi connectivity index (χ1) is 17.2. The summed E-state index contributed by atoms with van der Waals surface area (Å²) < 4.78 is 5.35. The molecule has 0 aromatic heterocycles. The van der Waals surface area contributed by atoms with E-state index in [1.807, 2.05) is 49.3 Å². The number of imide groups is 1. The molecule has 2 aromatic rings. The van der Waals surface area contributed by atoms with Gasteiger partial charge in [-0.15, -0.1) is 0 Å². The Hall–Kier alpha value is -3.72. The van der Waals surface area contributed by atoms with Crippen molar-refractivity contribution in [2.45, 2.75) is 18.3 Å². The lowest BCUT2D eigenvalue weighted by Crippen LogP contribution is -2.54. The fourth-order valence-electron chi connectivity index (χ4n) is 4.85. The van der Waals surface area contributed by atoms with Crippen molar-refractivity contribution in [3.8, 4) is 5.75 Å². The summed E-state index contributed by atoms with van der Waals surface area (Å²) in [5, 5.41) is 0. The number of amides is 4. The Morgan fingerprint density at radius 3 is 2.42 bits per heavy atom. The summed E-state index contributed by atoms with van der Waals surface area (Å²) in [6.07, 6.45) is -0.294. The molecule has 36 heavy (non-hydrogen) atoms. The molecule has 0 unspecified atom stereocenters. The van der Waals surface area contributed by atoms with Crippen LogP contribution in [-0.2, 0) is 24.6 Å². The van der Waals surface area contributed by atoms with Crippen LogP contribution in [0, 0.1) is 0 Å². The maximum Gasteiger partial charge on any atom is 0.246 e. The highest BCUT2D eigenvalue weighted by Gasteiger charge is 2.54. The van der Waals surface area contributed by atoms with Gasteiger partial charge in [-0.25, -0.2) is 0 Å². The SMILES string of the molecule is COc1cccc([C@]2(CC(=O)N3CCN(c4ccccc4)C(=O)C3)CC(=O)N(CCN(C)C)C2=O)c1. The van der Waals surface area contributed by atoms with E-state index < -0.39 is 5.41 Å². The van der Waals surface area contributed by atoms with E-state index in [4.69, 9.17) is 4.74 Å². The van der Waals surface area contributed by atoms with Crippen molar-refractivity contribution in [3.63, 3.8) is 0 Å². The zero-order chi connectivity index (χ0) is 25.9. The largest absolute Gasteiger partial charge is 0.497 e. The van der Waals surface area contributed by atoms with E-state index in [-0.39, 0.29) is 49.6 Å². The Labute approximate surface area is 211 Å². The van der Waals surface area contributed by atoms with Gasteiger partial charge < -0.3 is 19.4 Å². The normalized spacial score (nSPS) is 20.4. The summed E-state index contributed by atoms with van der Waals surface area (Å²) in [6, 6.07) is 16.3. The molecule has 0 N–H and O–H groups in total. The number of ether oxygens (including phenoxy) is 1. The molecule has 0 bridgehead atoms. The number of piperazine rings is 1. The van der Waals surface area contributed by atoms with Gasteiger partial charge in [-0.2, -0.15) is 0 Å². The van der Waals surface area contributed by atoms with Crippen LogP contribution in [0.2, 0.25) is 0 Å². The summed E-state index contributed by atoms with van der Waals surface area (Å²) in [5.41, 5.74) is 0.0138. The molecule has 9 nitrogen and oxygen atoms in total. The Morgan fingerprint density at radius 2 is 1.75 bits per heavy atom. The Balaban J connectivity index is 1.58. The third-order valence-corrected chi connectivity index (χ3v) is 6.90. The van der Waals surface area contributed by atoms with Crippen LogP contribution in [-0.4, -0.2) is 92.3 Å². The van der Waals surface area contributed by atoms with Gasteiger partial charge in [0, 0.05) is 44.7 Å². The van der Waals surface area contributed by atoms with Gasteiger partial charge in [-0.3, -0.25) is 24.1 Å². The van der Waals surface area contributed by atoms with E-state index in [0.717, 1.165) is 5.69 Å². The monoisotopic (exact) mass is 492 g/mol. The van der Waals surface area contributed by atoms with Crippen LogP contribution < -0.4 is 9.64 Å². The first-order valence-corrected chi connectivity index (χ1v) is 12.0. The smallest absolute Gasteiger partial charge is 0.246 e. The summed E-state index contributed by atoms with van der Waals surface area (Å²) in [5.74, 6) is -0.655. The minimum atomic E-state index is -1.34. The van der Waals surface area contributed by atoms with Crippen molar-refractivity contribution in [2.75, 3.05) is 58.8 Å². The first kappa shape index (κ1) is 25.4. The van der Waals surface area contributed by atoms with E-state index in [2.05, 4.69) is 0 Å². The van der Waals surface area contributed by atoms with Gasteiger partial charge >= 0.3 is 0 Å². The molecule has 0 radical (unpaired) electrons. The molecular formula is C27H32N4O5. The molecule has 190 valence electrons. The van der Waals surface area contributed by atoms with Crippen LogP contribution in [0.15, 0.2) is 54.6 Å². The highest BCUT2D eigenvalue weighted by molar-refractivity contribution is 6.11. The van der Waals surface area contributed by atoms with Crippen molar-refractivity contribution in [1.82, 2.24) is 14.7 Å². The van der Waals surface area contributed by atoms with Gasteiger partial charge in [-0.1, -0.05) is 30.3 Å². The van der Waals surface area contributed by atoms with Crippen LogP contribution in [0.5, 0.6) is 5.75 Å². The molecule has 4 amide bonds. The zero-order valence-electron chi connectivity index (χ0n) is 21.0. The number of carbonyl (C=O) groups excluding carboxylic acids is 4. The highest BCUT2D eigenvalue weighted by Crippen LogP contribution is 2.41. The lowest BCUT2D eigenvalue weighted by Gasteiger charge is -2.36. The Bertz CT molecular complexity index is 1150. The van der Waals surface area contributed by atoms with Gasteiger partial charge in [-0.05, 0) is 43.9 Å². The van der Waals surface area contributed by atoms with E-state index in [1.54, 1.807) is 29.2 Å². The number of anilines is 1. The quantitative estimate of drug-likeness (QED) is 0.519. The second-order valence-electron chi connectivity index (χ2n) is 9.52. The van der Waals surface area contributed by atoms with Crippen LogP contribution in [0.4, 0.5) is 5.69 Å². The fraction of sp³-hybridized carbons (Fsp3) is 0.407. The van der Waals surface area contributed by atoms with Gasteiger partial charge in [0.15, 0.2) is 0 Å². The Kier molecular flexibility index (Phi) is 7.40. The summed E-state index contributed by atoms with van der Waals surface area (Å²) in [7, 11) is 5.27. The molecule has 2 aliphatic heterocycles. The van der Waals surface area contributed by atoms with E-state index in [1.165, 1.54) is 16.9 Å². The maximum absolute atomic E-state index is 13.8. The number of likely N-dealkylation sites (N-methyl/N-ethyl adjacent to an activating group) is 1. The average Bonchev–Trinajstić information content (AvgIpc) is 3.12. The number of para-hydroxylation sites is 1. The standard InChI is InChI=1S/C27H32N4O5/c1-28(2)12-14-31-24(33)18-27(26(31)35,20-8-7-11-22(16-20)36-3)17-23(32)29-13-15-30(25(34)19-29)21-9-5-4-6-10-21/h4-11,16H,12-15,17-19H2,1-3H3/t27-/m0/s1. The van der Waals surface area contributed by atoms with Gasteiger partial charge in [0.05, 0.1) is 12.5 Å². The predicted molar refractivity (Wildman–Crippen MR) is 135 cm³/mol. The maximum atomic E-state index is 13.8. The molecule has 2 saturated heterocycles. The number of hydrogen-bond donors (Lipinski definition) is 0. The van der Waals surface area contributed by atoms with Gasteiger partial charge in [0.2, 0.25) is 23.6 Å². The minimum absolute atomic E-state index is 0.0750. The second kappa shape index (κ2) is 10.5. The van der Waals surface area contributed by atoms with Crippen LogP contribution >= 0.6 is 0 Å². The minimum Gasteiger partial charge on any atom is -0.497 e. The molecule has 9 heteroatoms. The first-order valence-electron chi connectivity index (χ1n) is 12.0. The molecule has 1 atom stereocenters. The lowest BCUT2D eigenvalue weighted by atomic mass is 9.75. The van der Waals surface area contributed by atoms with Crippen LogP contribution in [0.3, 0.4) is 0 Å². The van der Waals surface area contributed by atoms with Gasteiger partial charge in [0.1, 0.15) is 12.3 Å². The average molecular weight is 493 g/mol. The molecule has 4 rings (SSSR count). The summed E-state index contributed by atoms with van der Waals surface area (Å²) in [6.45, 7) is 1.41. The van der Waals surface area contributed by atoms with Crippen molar-refractivity contribution in [1.29, 1.82) is 0 Å². The molecule has 0 spiro atoms. The topological polar surface area (TPSA) is 90.5 Å². The van der Waals surface area contributed by atoms with E-state index in [0.29, 0.717) is 30.9 Å². The third kappa shape index (κ3) is 4.97. The molecule has 2 aromatic carbocycles. The van der Waals surface area contributed by atoms with Crippen molar-refractivity contribution >= 4 is 29.3 Å². The second-order valence-corrected chi connectivity index (χ2v) is 9.52. The zero-order valence-corrected chi connectivity index (χ0v) is 21.0. The predicted octanol–water partition coefficient (Wildman–Crippen LogP) is 1.52. The van der Waals surface area contributed by atoms with Gasteiger partial charge in [0.25, 0.3) is 0 Å². The number of rotatable bonds is 8. The highest BCUT2D eigenvalue weighted by atomic mass is 16.5. The number of hydrogen-bond acceptors (Lipinski definition) is 6. The molecule has 2 heterocycles. The summed E-state index contributed by atoms with van der Waals surface area (Å²) in [4.78, 5) is 59.5. The number of methoxy groups -OCH3 is 1.